The molecule has 1 aromatic carbocycles. The molecule has 5 heteroatoms. The molecule has 0 saturated carbocycles. The van der Waals surface area contributed by atoms with Crippen molar-refractivity contribution >= 4 is 17.6 Å². The quantitative estimate of drug-likeness (QED) is 0.778. The van der Waals surface area contributed by atoms with E-state index in [1.54, 1.807) is 24.3 Å². The number of aliphatic hydroxyl groups is 1. The fourth-order valence-corrected chi connectivity index (χ4v) is 2.00. The molecule has 0 heterocycles. The molecular weight excluding hydrogens is 266 g/mol. The summed E-state index contributed by atoms with van der Waals surface area (Å²) in [7, 11) is 0. The number of benzene rings is 1. The van der Waals surface area contributed by atoms with Crippen molar-refractivity contribution in [2.75, 3.05) is 0 Å². The molecule has 0 fully saturated rings. The van der Waals surface area contributed by atoms with E-state index in [0.717, 1.165) is 0 Å². The number of carboxylic acid groups (broad SMARTS) is 1. The summed E-state index contributed by atoms with van der Waals surface area (Å²) in [5, 5.41) is 23.0. The Bertz CT molecular complexity index is 425. The smallest absolute Gasteiger partial charge is 0.305 e. The molecule has 0 radical (unpaired) electrons. The van der Waals surface area contributed by atoms with E-state index in [4.69, 9.17) is 16.7 Å². The van der Waals surface area contributed by atoms with Gasteiger partial charge in [-0.05, 0) is 38.5 Å². The molecule has 0 saturated heterocycles. The highest BCUT2D eigenvalue weighted by Gasteiger charge is 2.27. The van der Waals surface area contributed by atoms with Crippen molar-refractivity contribution in [3.63, 3.8) is 0 Å². The Labute approximate surface area is 118 Å². The molecule has 3 N–H and O–H groups in total. The zero-order chi connectivity index (χ0) is 14.6. The largest absolute Gasteiger partial charge is 0.481 e. The van der Waals surface area contributed by atoms with E-state index in [1.807, 2.05) is 20.8 Å². The fraction of sp³-hybridized carbons (Fsp3) is 0.500. The molecule has 19 heavy (non-hydrogen) atoms. The third-order valence-corrected chi connectivity index (χ3v) is 2.86. The standard InChI is InChI=1S/C14H20ClNO3/c1-14(2,3)16-11(8-12(17)18)13(19)9-4-6-10(15)7-5-9/h4-7,11,13,16,19H,8H2,1-3H3,(H,17,18). The highest BCUT2D eigenvalue weighted by Crippen LogP contribution is 2.22. The SMILES string of the molecule is CC(C)(C)NC(CC(=O)O)C(O)c1ccc(Cl)cc1. The van der Waals surface area contributed by atoms with Crippen LogP contribution in [0.1, 0.15) is 38.9 Å². The summed E-state index contributed by atoms with van der Waals surface area (Å²) in [6.07, 6.45) is -1.05. The van der Waals surface area contributed by atoms with Crippen LogP contribution in [0.4, 0.5) is 0 Å². The Morgan fingerprint density at radius 3 is 2.26 bits per heavy atom. The number of carboxylic acids is 1. The van der Waals surface area contributed by atoms with Gasteiger partial charge in [-0.2, -0.15) is 0 Å². The van der Waals surface area contributed by atoms with Gasteiger partial charge in [0, 0.05) is 16.6 Å². The van der Waals surface area contributed by atoms with Crippen LogP contribution < -0.4 is 5.32 Å². The van der Waals surface area contributed by atoms with E-state index in [9.17, 15) is 9.90 Å². The van der Waals surface area contributed by atoms with E-state index in [0.29, 0.717) is 10.6 Å². The highest BCUT2D eigenvalue weighted by atomic mass is 35.5. The predicted molar refractivity (Wildman–Crippen MR) is 75.3 cm³/mol. The average Bonchev–Trinajstić information content (AvgIpc) is 2.25. The van der Waals surface area contributed by atoms with Crippen molar-refractivity contribution in [2.24, 2.45) is 0 Å². The first-order valence-electron chi connectivity index (χ1n) is 6.12. The van der Waals surface area contributed by atoms with Gasteiger partial charge in [0.25, 0.3) is 0 Å². The lowest BCUT2D eigenvalue weighted by Gasteiger charge is -2.31. The molecule has 1 rings (SSSR count). The Hall–Kier alpha value is -1.10. The Morgan fingerprint density at radius 2 is 1.84 bits per heavy atom. The van der Waals surface area contributed by atoms with E-state index >= 15 is 0 Å². The van der Waals surface area contributed by atoms with Crippen LogP contribution >= 0.6 is 11.6 Å². The lowest BCUT2D eigenvalue weighted by Crippen LogP contribution is -2.47. The maximum Gasteiger partial charge on any atom is 0.305 e. The molecule has 0 aliphatic carbocycles. The minimum Gasteiger partial charge on any atom is -0.481 e. The van der Waals surface area contributed by atoms with Crippen LogP contribution in [0.25, 0.3) is 0 Å². The Morgan fingerprint density at radius 1 is 1.32 bits per heavy atom. The van der Waals surface area contributed by atoms with Gasteiger partial charge < -0.3 is 15.5 Å². The summed E-state index contributed by atoms with van der Waals surface area (Å²) >= 11 is 5.80. The maximum atomic E-state index is 10.9. The highest BCUT2D eigenvalue weighted by molar-refractivity contribution is 6.30. The summed E-state index contributed by atoms with van der Waals surface area (Å²) in [5.41, 5.74) is 0.362. The first-order chi connectivity index (χ1) is 8.69. The summed E-state index contributed by atoms with van der Waals surface area (Å²) in [5.74, 6) is -0.949. The number of rotatable bonds is 5. The molecule has 0 bridgehead atoms. The van der Waals surface area contributed by atoms with Crippen LogP contribution in [0, 0.1) is 0 Å². The monoisotopic (exact) mass is 285 g/mol. The van der Waals surface area contributed by atoms with Crippen molar-refractivity contribution in [3.8, 4) is 0 Å². The maximum absolute atomic E-state index is 10.9. The van der Waals surface area contributed by atoms with Gasteiger partial charge in [-0.15, -0.1) is 0 Å². The van der Waals surface area contributed by atoms with Crippen molar-refractivity contribution in [1.29, 1.82) is 0 Å². The van der Waals surface area contributed by atoms with Gasteiger partial charge in [0.1, 0.15) is 0 Å². The lowest BCUT2D eigenvalue weighted by atomic mass is 9.96. The lowest BCUT2D eigenvalue weighted by molar-refractivity contribution is -0.138. The molecule has 106 valence electrons. The van der Waals surface area contributed by atoms with Gasteiger partial charge in [-0.3, -0.25) is 4.79 Å². The molecule has 0 aliphatic heterocycles. The van der Waals surface area contributed by atoms with Gasteiger partial charge in [0.2, 0.25) is 0 Å². The van der Waals surface area contributed by atoms with Gasteiger partial charge in [-0.25, -0.2) is 0 Å². The molecular formula is C14H20ClNO3. The number of hydrogen-bond donors (Lipinski definition) is 3. The van der Waals surface area contributed by atoms with Crippen LogP contribution in [-0.4, -0.2) is 27.8 Å². The van der Waals surface area contributed by atoms with E-state index in [1.165, 1.54) is 0 Å². The summed E-state index contributed by atoms with van der Waals surface area (Å²) in [6.45, 7) is 5.78. The predicted octanol–water partition coefficient (Wildman–Crippen LogP) is 2.60. The van der Waals surface area contributed by atoms with Crippen LogP contribution in [0.3, 0.4) is 0 Å². The van der Waals surface area contributed by atoms with Crippen molar-refractivity contribution in [3.05, 3.63) is 34.9 Å². The summed E-state index contributed by atoms with van der Waals surface area (Å²) in [6, 6.07) is 6.20. The topological polar surface area (TPSA) is 69.6 Å². The Kier molecular flexibility index (Phi) is 5.35. The molecule has 2 atom stereocenters. The van der Waals surface area contributed by atoms with Crippen molar-refractivity contribution in [1.82, 2.24) is 5.32 Å². The second-order valence-electron chi connectivity index (χ2n) is 5.60. The zero-order valence-electron chi connectivity index (χ0n) is 11.4. The second kappa shape index (κ2) is 6.37. The number of hydrogen-bond acceptors (Lipinski definition) is 3. The third-order valence-electron chi connectivity index (χ3n) is 2.61. The van der Waals surface area contributed by atoms with Gasteiger partial charge >= 0.3 is 5.97 Å². The van der Waals surface area contributed by atoms with Gasteiger partial charge in [0.05, 0.1) is 12.5 Å². The van der Waals surface area contributed by atoms with Crippen LogP contribution in [-0.2, 0) is 4.79 Å². The normalized spacial score (nSPS) is 15.0. The molecule has 4 nitrogen and oxygen atoms in total. The minimum absolute atomic E-state index is 0.152. The van der Waals surface area contributed by atoms with Crippen LogP contribution in [0.15, 0.2) is 24.3 Å². The molecule has 0 amide bonds. The molecule has 1 aromatic rings. The zero-order valence-corrected chi connectivity index (χ0v) is 12.1. The van der Waals surface area contributed by atoms with Crippen molar-refractivity contribution < 1.29 is 15.0 Å². The molecule has 0 spiro atoms. The van der Waals surface area contributed by atoms with Gasteiger partial charge in [-0.1, -0.05) is 23.7 Å². The number of aliphatic hydroxyl groups excluding tert-OH is 1. The first kappa shape index (κ1) is 16.0. The number of nitrogens with one attached hydrogen (secondary N) is 1. The molecule has 0 aliphatic rings. The molecule has 0 aromatic heterocycles. The number of aliphatic carboxylic acids is 1. The Balaban J connectivity index is 2.89. The van der Waals surface area contributed by atoms with Gasteiger partial charge in [0.15, 0.2) is 0 Å². The number of carbonyl (C=O) groups is 1. The van der Waals surface area contributed by atoms with Crippen LogP contribution in [0.2, 0.25) is 5.02 Å². The van der Waals surface area contributed by atoms with E-state index in [-0.39, 0.29) is 12.0 Å². The summed E-state index contributed by atoms with van der Waals surface area (Å²) in [4.78, 5) is 10.9. The number of halogens is 1. The molecule has 2 unspecified atom stereocenters. The van der Waals surface area contributed by atoms with Crippen LogP contribution in [0.5, 0.6) is 0 Å². The average molecular weight is 286 g/mol. The van der Waals surface area contributed by atoms with Crippen molar-refractivity contribution in [2.45, 2.75) is 44.9 Å². The first-order valence-corrected chi connectivity index (χ1v) is 6.50. The minimum atomic E-state index is -0.949. The fourth-order valence-electron chi connectivity index (χ4n) is 1.88. The van der Waals surface area contributed by atoms with E-state index < -0.39 is 18.1 Å². The summed E-state index contributed by atoms with van der Waals surface area (Å²) < 4.78 is 0. The third kappa shape index (κ3) is 5.59. The second-order valence-corrected chi connectivity index (χ2v) is 6.03. The van der Waals surface area contributed by atoms with E-state index in [2.05, 4.69) is 5.32 Å².